The number of rotatable bonds is 8. The molecule has 1 aromatic rings. The van der Waals surface area contributed by atoms with Gasteiger partial charge < -0.3 is 11.1 Å². The van der Waals surface area contributed by atoms with Crippen molar-refractivity contribution >= 4 is 17.1 Å². The van der Waals surface area contributed by atoms with Gasteiger partial charge in [-0.3, -0.25) is 10.1 Å². The van der Waals surface area contributed by atoms with Crippen molar-refractivity contribution in [3.63, 3.8) is 0 Å². The number of hydrogen-bond donors (Lipinski definition) is 2. The van der Waals surface area contributed by atoms with Gasteiger partial charge >= 0.3 is 5.69 Å². The molecule has 0 saturated heterocycles. The van der Waals surface area contributed by atoms with Gasteiger partial charge in [0.2, 0.25) is 0 Å². The van der Waals surface area contributed by atoms with E-state index < -0.39 is 4.92 Å². The zero-order chi connectivity index (χ0) is 15.2. The van der Waals surface area contributed by atoms with Gasteiger partial charge in [-0.15, -0.1) is 0 Å². The number of hydrogen-bond acceptors (Lipinski definition) is 4. The molecule has 0 aromatic heterocycles. The van der Waals surface area contributed by atoms with E-state index in [4.69, 9.17) is 5.73 Å². The molecule has 20 heavy (non-hydrogen) atoms. The minimum Gasteiger partial charge on any atom is -0.393 e. The van der Waals surface area contributed by atoms with E-state index in [2.05, 4.69) is 26.1 Å². The molecule has 0 radical (unpaired) electrons. The summed E-state index contributed by atoms with van der Waals surface area (Å²) < 4.78 is 0. The highest BCUT2D eigenvalue weighted by atomic mass is 16.6. The fourth-order valence-electron chi connectivity index (χ4n) is 2.18. The minimum atomic E-state index is -0.429. The second-order valence-corrected chi connectivity index (χ2v) is 5.98. The molecule has 0 aliphatic heterocycles. The molecule has 0 heterocycles. The van der Waals surface area contributed by atoms with Crippen LogP contribution in [-0.2, 0) is 0 Å². The Bertz CT molecular complexity index is 458. The quantitative estimate of drug-likeness (QED) is 0.323. The first-order valence-corrected chi connectivity index (χ1v) is 7.14. The van der Waals surface area contributed by atoms with Gasteiger partial charge in [0.05, 0.1) is 4.92 Å². The Balaban J connectivity index is 2.70. The van der Waals surface area contributed by atoms with Crippen LogP contribution in [0.1, 0.15) is 46.5 Å². The van der Waals surface area contributed by atoms with Gasteiger partial charge in [-0.05, 0) is 24.0 Å². The molecule has 1 aromatic carbocycles. The van der Waals surface area contributed by atoms with Crippen LogP contribution >= 0.6 is 0 Å². The van der Waals surface area contributed by atoms with Crippen molar-refractivity contribution in [1.82, 2.24) is 0 Å². The number of nitrogens with two attached hydrogens (primary N) is 1. The third-order valence-corrected chi connectivity index (χ3v) is 3.46. The first kappa shape index (κ1) is 16.3. The lowest BCUT2D eigenvalue weighted by atomic mass is 9.87. The third kappa shape index (κ3) is 4.72. The Morgan fingerprint density at radius 1 is 1.35 bits per heavy atom. The number of nitrogens with one attached hydrogen (secondary N) is 1. The standard InChI is InChI=1S/C15H25N3O2/c1-4-5-6-10-15(2,3)11-17-13-9-7-8-12(16)14(13)18(19)20/h7-9,17H,4-6,10-11,16H2,1-3H3. The van der Waals surface area contributed by atoms with E-state index in [-0.39, 0.29) is 16.8 Å². The maximum absolute atomic E-state index is 11.1. The highest BCUT2D eigenvalue weighted by Crippen LogP contribution is 2.32. The van der Waals surface area contributed by atoms with Gasteiger partial charge in [0, 0.05) is 6.54 Å². The summed E-state index contributed by atoms with van der Waals surface area (Å²) in [5.41, 5.74) is 6.45. The van der Waals surface area contributed by atoms with Crippen LogP contribution in [0.3, 0.4) is 0 Å². The zero-order valence-corrected chi connectivity index (χ0v) is 12.6. The monoisotopic (exact) mass is 279 g/mol. The summed E-state index contributed by atoms with van der Waals surface area (Å²) in [6.45, 7) is 7.23. The number of benzene rings is 1. The highest BCUT2D eigenvalue weighted by molar-refractivity contribution is 5.74. The summed E-state index contributed by atoms with van der Waals surface area (Å²) in [5, 5.41) is 14.2. The van der Waals surface area contributed by atoms with Gasteiger partial charge in [0.1, 0.15) is 11.4 Å². The molecule has 0 aliphatic carbocycles. The van der Waals surface area contributed by atoms with Crippen molar-refractivity contribution in [3.8, 4) is 0 Å². The predicted octanol–water partition coefficient (Wildman–Crippen LogP) is 4.20. The van der Waals surface area contributed by atoms with Crippen LogP contribution in [-0.4, -0.2) is 11.5 Å². The molecule has 3 N–H and O–H groups in total. The van der Waals surface area contributed by atoms with Crippen molar-refractivity contribution < 1.29 is 4.92 Å². The average Bonchev–Trinajstić information content (AvgIpc) is 2.36. The number of para-hydroxylation sites is 1. The van der Waals surface area contributed by atoms with E-state index in [1.54, 1.807) is 18.2 Å². The molecule has 0 fully saturated rings. The SMILES string of the molecule is CCCCCC(C)(C)CNc1cccc(N)c1[N+](=O)[O-]. The number of nitrogens with zero attached hydrogens (tertiary/aromatic N) is 1. The van der Waals surface area contributed by atoms with Crippen molar-refractivity contribution in [2.45, 2.75) is 46.5 Å². The Morgan fingerprint density at radius 2 is 2.05 bits per heavy atom. The first-order valence-electron chi connectivity index (χ1n) is 7.14. The molecule has 0 aliphatic rings. The summed E-state index contributed by atoms with van der Waals surface area (Å²) in [7, 11) is 0. The predicted molar refractivity (Wildman–Crippen MR) is 83.9 cm³/mol. The van der Waals surface area contributed by atoms with E-state index >= 15 is 0 Å². The molecule has 0 spiro atoms. The number of nitro benzene ring substituents is 1. The van der Waals surface area contributed by atoms with Crippen LogP contribution in [0.2, 0.25) is 0 Å². The summed E-state index contributed by atoms with van der Waals surface area (Å²) in [6.07, 6.45) is 4.71. The number of nitro groups is 1. The Hall–Kier alpha value is -1.78. The molecule has 5 heteroatoms. The van der Waals surface area contributed by atoms with Gasteiger partial charge in [0.25, 0.3) is 0 Å². The molecule has 0 unspecified atom stereocenters. The van der Waals surface area contributed by atoms with E-state index in [0.29, 0.717) is 12.2 Å². The van der Waals surface area contributed by atoms with Gasteiger partial charge in [-0.25, -0.2) is 0 Å². The second kappa shape index (κ2) is 7.12. The van der Waals surface area contributed by atoms with Crippen LogP contribution in [0.4, 0.5) is 17.1 Å². The molecular formula is C15H25N3O2. The van der Waals surface area contributed by atoms with E-state index in [9.17, 15) is 10.1 Å². The van der Waals surface area contributed by atoms with Crippen LogP contribution in [0.5, 0.6) is 0 Å². The van der Waals surface area contributed by atoms with Gasteiger partial charge in [0.15, 0.2) is 0 Å². The smallest absolute Gasteiger partial charge is 0.314 e. The normalized spacial score (nSPS) is 11.3. The Kier molecular flexibility index (Phi) is 5.80. The van der Waals surface area contributed by atoms with Crippen LogP contribution < -0.4 is 11.1 Å². The van der Waals surface area contributed by atoms with Crippen LogP contribution in [0.25, 0.3) is 0 Å². The third-order valence-electron chi connectivity index (χ3n) is 3.46. The molecule has 112 valence electrons. The Labute approximate surface area is 120 Å². The van der Waals surface area contributed by atoms with Gasteiger partial charge in [-0.2, -0.15) is 0 Å². The lowest BCUT2D eigenvalue weighted by Gasteiger charge is -2.25. The second-order valence-electron chi connectivity index (χ2n) is 5.98. The molecule has 0 amide bonds. The van der Waals surface area contributed by atoms with E-state index in [0.717, 1.165) is 6.42 Å². The largest absolute Gasteiger partial charge is 0.393 e. The van der Waals surface area contributed by atoms with Crippen molar-refractivity contribution in [2.24, 2.45) is 5.41 Å². The minimum absolute atomic E-state index is 0.0307. The summed E-state index contributed by atoms with van der Waals surface area (Å²) in [6, 6.07) is 4.99. The highest BCUT2D eigenvalue weighted by Gasteiger charge is 2.21. The Morgan fingerprint density at radius 3 is 2.65 bits per heavy atom. The van der Waals surface area contributed by atoms with Crippen molar-refractivity contribution in [3.05, 3.63) is 28.3 Å². The maximum Gasteiger partial charge on any atom is 0.314 e. The molecule has 5 nitrogen and oxygen atoms in total. The van der Waals surface area contributed by atoms with Crippen LogP contribution in [0.15, 0.2) is 18.2 Å². The topological polar surface area (TPSA) is 81.2 Å². The van der Waals surface area contributed by atoms with Gasteiger partial charge in [-0.1, -0.05) is 46.1 Å². The summed E-state index contributed by atoms with van der Waals surface area (Å²) in [5.74, 6) is 0. The number of unbranched alkanes of at least 4 members (excludes halogenated alkanes) is 2. The summed E-state index contributed by atoms with van der Waals surface area (Å²) >= 11 is 0. The number of anilines is 2. The number of nitrogen functional groups attached to an aromatic ring is 1. The maximum atomic E-state index is 11.1. The fourth-order valence-corrected chi connectivity index (χ4v) is 2.18. The van der Waals surface area contributed by atoms with Crippen LogP contribution in [0, 0.1) is 15.5 Å². The van der Waals surface area contributed by atoms with E-state index in [1.807, 2.05) is 0 Å². The van der Waals surface area contributed by atoms with E-state index in [1.165, 1.54) is 19.3 Å². The van der Waals surface area contributed by atoms with Crippen molar-refractivity contribution in [2.75, 3.05) is 17.6 Å². The average molecular weight is 279 g/mol. The summed E-state index contributed by atoms with van der Waals surface area (Å²) in [4.78, 5) is 10.6. The van der Waals surface area contributed by atoms with Crippen molar-refractivity contribution in [1.29, 1.82) is 0 Å². The molecule has 0 bridgehead atoms. The fraction of sp³-hybridized carbons (Fsp3) is 0.600. The molecule has 0 atom stereocenters. The lowest BCUT2D eigenvalue weighted by molar-refractivity contribution is -0.383. The molecule has 1 rings (SSSR count). The lowest BCUT2D eigenvalue weighted by Crippen LogP contribution is -2.23. The molecular weight excluding hydrogens is 254 g/mol. The first-order chi connectivity index (χ1) is 9.37. The molecule has 0 saturated carbocycles. The zero-order valence-electron chi connectivity index (χ0n) is 12.6.